The van der Waals surface area contributed by atoms with Crippen LogP contribution in [0.15, 0.2) is 17.0 Å². The van der Waals surface area contributed by atoms with Gasteiger partial charge < -0.3 is 14.0 Å². The maximum Gasteiger partial charge on any atom is 0.349 e. The zero-order valence-corrected chi connectivity index (χ0v) is 28.2. The lowest BCUT2D eigenvalue weighted by Crippen LogP contribution is -2.21. The van der Waals surface area contributed by atoms with Crippen molar-refractivity contribution in [1.29, 1.82) is 0 Å². The van der Waals surface area contributed by atoms with Crippen molar-refractivity contribution in [3.05, 3.63) is 46.7 Å². The molecule has 0 atom stereocenters. The molecular weight excluding hydrogens is 1010 g/mol. The molecule has 0 amide bonds. The van der Waals surface area contributed by atoms with Gasteiger partial charge in [-0.15, -0.1) is 0 Å². The molecule has 0 fully saturated rings. The second kappa shape index (κ2) is 11.8. The lowest BCUT2D eigenvalue weighted by Gasteiger charge is -2.19. The fourth-order valence-corrected chi connectivity index (χ4v) is 8.69. The summed E-state index contributed by atoms with van der Waals surface area (Å²) in [7, 11) is -4.68. The van der Waals surface area contributed by atoms with Gasteiger partial charge in [-0.25, -0.2) is 18.0 Å². The first-order chi connectivity index (χ1) is 14.7. The minimum Gasteiger partial charge on any atom is -0.744 e. The molecule has 32 heavy (non-hydrogen) atoms. The number of hydrogen-bond donors (Lipinski definition) is 0. The quantitative estimate of drug-likeness (QED) is 0.0899. The molecule has 0 aromatic heterocycles. The Morgan fingerprint density at radius 3 is 1.94 bits per heavy atom. The molecule has 7 nitrogen and oxygen atoms in total. The summed E-state index contributed by atoms with van der Waals surface area (Å²) >= 11 is 10.7. The summed E-state index contributed by atoms with van der Waals surface area (Å²) in [6, 6.07) is 2.55. The van der Waals surface area contributed by atoms with Crippen LogP contribution < -0.4 is 4.74 Å². The van der Waals surface area contributed by atoms with Gasteiger partial charge in [-0.05, 0) is 149 Å². The highest BCUT2D eigenvalue weighted by Crippen LogP contribution is 2.34. The van der Waals surface area contributed by atoms with Crippen molar-refractivity contribution in [3.63, 3.8) is 0 Å². The molecule has 0 aliphatic heterocycles. The van der Waals surface area contributed by atoms with Gasteiger partial charge in [-0.1, -0.05) is 13.8 Å². The van der Waals surface area contributed by atoms with Gasteiger partial charge in [0.1, 0.15) is 15.9 Å². The van der Waals surface area contributed by atoms with Gasteiger partial charge in [0.2, 0.25) is 0 Å². The molecule has 0 aliphatic rings. The molecular formula is C19H14I5O7S-. The highest BCUT2D eigenvalue weighted by Gasteiger charge is 2.25. The van der Waals surface area contributed by atoms with Gasteiger partial charge in [0.05, 0.1) is 10.5 Å². The standard InChI is InChI=1S/C19H15I5O7S/c1-7(2)9-5-10(8(3)4-11(9)32(27,28)29)31-12(25)6-30-19(26)13-14(20)16(22)18(24)17(23)15(13)21/h4-5,7H,6H2,1-3H3,(H,27,28,29)/p-1. The van der Waals surface area contributed by atoms with E-state index in [0.29, 0.717) is 11.1 Å². The second-order valence-electron chi connectivity index (χ2n) is 6.76. The fourth-order valence-electron chi connectivity index (χ4n) is 2.59. The van der Waals surface area contributed by atoms with Gasteiger partial charge >= 0.3 is 11.9 Å². The lowest BCUT2D eigenvalue weighted by atomic mass is 10.0. The van der Waals surface area contributed by atoms with Gasteiger partial charge in [0, 0.05) is 17.9 Å². The van der Waals surface area contributed by atoms with Crippen LogP contribution in [-0.4, -0.2) is 31.5 Å². The van der Waals surface area contributed by atoms with E-state index in [9.17, 15) is 22.6 Å². The van der Waals surface area contributed by atoms with Crippen LogP contribution in [0.25, 0.3) is 0 Å². The number of hydrogen-bond acceptors (Lipinski definition) is 7. The van der Waals surface area contributed by atoms with Crippen LogP contribution in [0.1, 0.15) is 41.3 Å². The minimum atomic E-state index is -4.68. The monoisotopic (exact) mass is 1020 g/mol. The van der Waals surface area contributed by atoms with E-state index in [4.69, 9.17) is 9.47 Å². The molecule has 0 saturated heterocycles. The number of halogens is 5. The molecule has 0 radical (unpaired) electrons. The molecule has 13 heteroatoms. The third kappa shape index (κ3) is 6.78. The van der Waals surface area contributed by atoms with Crippen LogP contribution in [0.5, 0.6) is 5.75 Å². The van der Waals surface area contributed by atoms with E-state index in [1.165, 1.54) is 19.1 Å². The van der Waals surface area contributed by atoms with E-state index in [1.54, 1.807) is 13.8 Å². The molecule has 0 saturated carbocycles. The van der Waals surface area contributed by atoms with Gasteiger partial charge in [-0.3, -0.25) is 0 Å². The zero-order chi connectivity index (χ0) is 24.5. The molecule has 0 N–H and O–H groups in total. The third-order valence-electron chi connectivity index (χ3n) is 4.16. The van der Waals surface area contributed by atoms with Crippen LogP contribution >= 0.6 is 113 Å². The normalized spacial score (nSPS) is 11.6. The number of carbonyl (C=O) groups is 2. The summed E-state index contributed by atoms with van der Waals surface area (Å²) in [6.07, 6.45) is 0. The van der Waals surface area contributed by atoms with Crippen molar-refractivity contribution in [2.45, 2.75) is 31.6 Å². The Hall–Kier alpha value is 0.940. The van der Waals surface area contributed by atoms with Crippen LogP contribution in [0.3, 0.4) is 0 Å². The van der Waals surface area contributed by atoms with Crippen molar-refractivity contribution in [2.24, 2.45) is 0 Å². The summed E-state index contributed by atoms with van der Waals surface area (Å²) in [6.45, 7) is 4.34. The number of benzene rings is 2. The Bertz CT molecular complexity index is 1180. The molecule has 0 heterocycles. The van der Waals surface area contributed by atoms with Crippen molar-refractivity contribution in [2.75, 3.05) is 6.61 Å². The fraction of sp³-hybridized carbons (Fsp3) is 0.263. The smallest absolute Gasteiger partial charge is 0.349 e. The Labute approximate surface area is 254 Å². The number of rotatable bonds is 6. The first-order valence-corrected chi connectivity index (χ1v) is 15.5. The summed E-state index contributed by atoms with van der Waals surface area (Å²) in [5.74, 6) is -1.66. The minimum absolute atomic E-state index is 0.102. The highest BCUT2D eigenvalue weighted by atomic mass is 127. The topological polar surface area (TPSA) is 110 Å². The summed E-state index contributed by atoms with van der Waals surface area (Å²) < 4.78 is 49.5. The average molecular weight is 1020 g/mol. The van der Waals surface area contributed by atoms with Crippen LogP contribution in [0.4, 0.5) is 0 Å². The van der Waals surface area contributed by atoms with Crippen LogP contribution in [-0.2, 0) is 19.6 Å². The molecule has 2 aromatic carbocycles. The van der Waals surface area contributed by atoms with Crippen LogP contribution in [0.2, 0.25) is 0 Å². The maximum atomic E-state index is 12.7. The van der Waals surface area contributed by atoms with E-state index in [1.807, 2.05) is 0 Å². The SMILES string of the molecule is Cc1cc(S(=O)(=O)[O-])c(C(C)C)cc1OC(=O)COC(=O)c1c(I)c(I)c(I)c(I)c1I. The van der Waals surface area contributed by atoms with Gasteiger partial charge in [0.15, 0.2) is 6.61 Å². The average Bonchev–Trinajstić information content (AvgIpc) is 2.69. The first kappa shape index (κ1) is 29.2. The highest BCUT2D eigenvalue weighted by molar-refractivity contribution is 14.1. The molecule has 0 bridgehead atoms. The second-order valence-corrected chi connectivity index (χ2v) is 13.5. The predicted octanol–water partition coefficient (Wildman–Crippen LogP) is 5.81. The van der Waals surface area contributed by atoms with Gasteiger partial charge in [-0.2, -0.15) is 0 Å². The van der Waals surface area contributed by atoms with Crippen molar-refractivity contribution in [1.82, 2.24) is 0 Å². The summed E-state index contributed by atoms with van der Waals surface area (Å²) in [5.41, 5.74) is 0.934. The molecule has 174 valence electrons. The Morgan fingerprint density at radius 1 is 0.969 bits per heavy atom. The van der Waals surface area contributed by atoms with Gasteiger partial charge in [0.25, 0.3) is 0 Å². The van der Waals surface area contributed by atoms with E-state index in [-0.39, 0.29) is 22.1 Å². The number of carbonyl (C=O) groups excluding carboxylic acids is 2. The summed E-state index contributed by atoms with van der Waals surface area (Å²) in [5, 5.41) is 0. The van der Waals surface area contributed by atoms with Crippen LogP contribution in [0, 0.1) is 24.8 Å². The number of ether oxygens (including phenoxy) is 2. The molecule has 0 aliphatic carbocycles. The Kier molecular flexibility index (Phi) is 10.7. The van der Waals surface area contributed by atoms with E-state index >= 15 is 0 Å². The van der Waals surface area contributed by atoms with Crippen molar-refractivity contribution >= 4 is 135 Å². The molecule has 2 rings (SSSR count). The van der Waals surface area contributed by atoms with Crippen molar-refractivity contribution in [3.8, 4) is 5.75 Å². The molecule has 2 aromatic rings. The predicted molar refractivity (Wildman–Crippen MR) is 159 cm³/mol. The number of esters is 2. The number of aryl methyl sites for hydroxylation is 1. The van der Waals surface area contributed by atoms with Crippen molar-refractivity contribution < 1.29 is 32.0 Å². The first-order valence-electron chi connectivity index (χ1n) is 8.66. The molecule has 0 unspecified atom stereocenters. The molecule has 0 spiro atoms. The van der Waals surface area contributed by atoms with E-state index in [2.05, 4.69) is 113 Å². The van der Waals surface area contributed by atoms with E-state index in [0.717, 1.165) is 17.9 Å². The Morgan fingerprint density at radius 2 is 1.47 bits per heavy atom. The summed E-state index contributed by atoms with van der Waals surface area (Å²) in [4.78, 5) is 24.7. The zero-order valence-electron chi connectivity index (χ0n) is 16.6. The lowest BCUT2D eigenvalue weighted by molar-refractivity contribution is -0.137. The Balaban J connectivity index is 2.23. The third-order valence-corrected chi connectivity index (χ3v) is 14.6. The van der Waals surface area contributed by atoms with E-state index < -0.39 is 28.7 Å². The largest absolute Gasteiger partial charge is 0.744 e. The maximum absolute atomic E-state index is 12.7.